The molecule has 0 fully saturated rings. The van der Waals surface area contributed by atoms with Crippen molar-refractivity contribution >= 4 is 29.0 Å². The Balaban J connectivity index is 3.05. The highest BCUT2D eigenvalue weighted by Crippen LogP contribution is 2.30. The molecule has 4 heteroatoms. The molecule has 0 aliphatic rings. The van der Waals surface area contributed by atoms with Gasteiger partial charge in [-0.05, 0) is 18.6 Å². The van der Waals surface area contributed by atoms with Crippen LogP contribution in [0.25, 0.3) is 0 Å². The summed E-state index contributed by atoms with van der Waals surface area (Å²) in [6, 6.07) is 4.87. The first-order valence-corrected chi connectivity index (χ1v) is 5.05. The number of carbonyl (C=O) groups excluding carboxylic acids is 1. The first kappa shape index (κ1) is 11.3. The lowest BCUT2D eigenvalue weighted by Gasteiger charge is -2.09. The molecule has 0 aliphatic carbocycles. The van der Waals surface area contributed by atoms with Gasteiger partial charge in [0.25, 0.3) is 0 Å². The number of carbonyl (C=O) groups is 1. The quantitative estimate of drug-likeness (QED) is 0.814. The average molecular weight is 233 g/mol. The van der Waals surface area contributed by atoms with Crippen molar-refractivity contribution in [2.24, 2.45) is 0 Å². The third-order valence-electron chi connectivity index (χ3n) is 1.88. The molecule has 0 aliphatic heterocycles. The first-order valence-electron chi connectivity index (χ1n) is 4.08. The summed E-state index contributed by atoms with van der Waals surface area (Å²) in [5, 5.41) is 8.75. The third-order valence-corrected chi connectivity index (χ3v) is 2.73. The standard InChI is InChI=1S/C10H10Cl2O2/c1-6(13)10(12)8-3-2-7(5-11)4-9(8)14/h2-4,10,14H,5H2,1H3. The molecule has 0 radical (unpaired) electrons. The molecule has 0 spiro atoms. The van der Waals surface area contributed by atoms with E-state index < -0.39 is 5.38 Å². The minimum Gasteiger partial charge on any atom is -0.508 e. The van der Waals surface area contributed by atoms with Crippen molar-refractivity contribution in [3.8, 4) is 5.75 Å². The Labute approximate surface area is 92.5 Å². The molecule has 0 aromatic heterocycles. The molecule has 1 unspecified atom stereocenters. The second kappa shape index (κ2) is 4.67. The molecule has 14 heavy (non-hydrogen) atoms. The predicted molar refractivity (Wildman–Crippen MR) is 56.9 cm³/mol. The zero-order chi connectivity index (χ0) is 10.7. The van der Waals surface area contributed by atoms with Crippen molar-refractivity contribution in [2.75, 3.05) is 0 Å². The van der Waals surface area contributed by atoms with E-state index in [-0.39, 0.29) is 11.5 Å². The van der Waals surface area contributed by atoms with Gasteiger partial charge in [0.15, 0.2) is 5.78 Å². The van der Waals surface area contributed by atoms with Gasteiger partial charge in [-0.3, -0.25) is 4.79 Å². The van der Waals surface area contributed by atoms with Gasteiger partial charge in [-0.2, -0.15) is 0 Å². The van der Waals surface area contributed by atoms with E-state index in [4.69, 9.17) is 23.2 Å². The SMILES string of the molecule is CC(=O)C(Cl)c1ccc(CCl)cc1O. The van der Waals surface area contributed by atoms with E-state index in [1.165, 1.54) is 13.0 Å². The van der Waals surface area contributed by atoms with Crippen LogP contribution in [0.15, 0.2) is 18.2 Å². The fourth-order valence-electron chi connectivity index (χ4n) is 1.11. The lowest BCUT2D eigenvalue weighted by molar-refractivity contribution is -0.116. The van der Waals surface area contributed by atoms with Gasteiger partial charge in [0.1, 0.15) is 11.1 Å². The molecule has 1 N–H and O–H groups in total. The van der Waals surface area contributed by atoms with Crippen molar-refractivity contribution in [1.82, 2.24) is 0 Å². The van der Waals surface area contributed by atoms with Crippen LogP contribution in [0.4, 0.5) is 0 Å². The Hall–Kier alpha value is -0.730. The van der Waals surface area contributed by atoms with Crippen molar-refractivity contribution in [2.45, 2.75) is 18.2 Å². The molecule has 0 bridgehead atoms. The van der Waals surface area contributed by atoms with Gasteiger partial charge in [0, 0.05) is 11.4 Å². The number of phenolic OH excluding ortho intramolecular Hbond substituents is 1. The molecule has 0 amide bonds. The number of aromatic hydroxyl groups is 1. The van der Waals surface area contributed by atoms with Crippen LogP contribution in [0.2, 0.25) is 0 Å². The van der Waals surface area contributed by atoms with Crippen molar-refractivity contribution in [1.29, 1.82) is 0 Å². The number of ketones is 1. The van der Waals surface area contributed by atoms with Crippen molar-refractivity contribution in [3.63, 3.8) is 0 Å². The molecule has 1 rings (SSSR count). The lowest BCUT2D eigenvalue weighted by atomic mass is 10.1. The predicted octanol–water partition coefficient (Wildman–Crippen LogP) is 3.00. The maximum Gasteiger partial charge on any atom is 0.152 e. The summed E-state index contributed by atoms with van der Waals surface area (Å²) >= 11 is 11.4. The molecular formula is C10H10Cl2O2. The zero-order valence-corrected chi connectivity index (χ0v) is 9.14. The molecule has 0 saturated carbocycles. The van der Waals surface area contributed by atoms with Gasteiger partial charge in [0.2, 0.25) is 0 Å². The smallest absolute Gasteiger partial charge is 0.152 e. The maximum absolute atomic E-state index is 11.0. The van der Waals surface area contributed by atoms with Crippen LogP contribution in [0.5, 0.6) is 5.75 Å². The monoisotopic (exact) mass is 232 g/mol. The normalized spacial score (nSPS) is 12.5. The molecule has 1 atom stereocenters. The Morgan fingerprint density at radius 3 is 2.64 bits per heavy atom. The minimum atomic E-state index is -0.792. The lowest BCUT2D eigenvalue weighted by Crippen LogP contribution is -2.01. The fourth-order valence-corrected chi connectivity index (χ4v) is 1.46. The van der Waals surface area contributed by atoms with E-state index in [9.17, 15) is 9.90 Å². The van der Waals surface area contributed by atoms with Gasteiger partial charge >= 0.3 is 0 Å². The summed E-state index contributed by atoms with van der Waals surface area (Å²) < 4.78 is 0. The van der Waals surface area contributed by atoms with E-state index in [0.29, 0.717) is 11.4 Å². The minimum absolute atomic E-state index is 0.0124. The van der Waals surface area contributed by atoms with E-state index in [1.54, 1.807) is 12.1 Å². The highest BCUT2D eigenvalue weighted by Gasteiger charge is 2.16. The Kier molecular flexibility index (Phi) is 3.78. The van der Waals surface area contributed by atoms with Gasteiger partial charge < -0.3 is 5.11 Å². The molecule has 2 nitrogen and oxygen atoms in total. The summed E-state index contributed by atoms with van der Waals surface area (Å²) in [5.74, 6) is 0.139. The van der Waals surface area contributed by atoms with E-state index in [2.05, 4.69) is 0 Å². The highest BCUT2D eigenvalue weighted by atomic mass is 35.5. The summed E-state index contributed by atoms with van der Waals surface area (Å²) in [6.07, 6.45) is 0. The van der Waals surface area contributed by atoms with Gasteiger partial charge in [-0.25, -0.2) is 0 Å². The number of alkyl halides is 2. The summed E-state index contributed by atoms with van der Waals surface area (Å²) in [6.45, 7) is 1.38. The molecule has 76 valence electrons. The van der Waals surface area contributed by atoms with Crippen molar-refractivity contribution < 1.29 is 9.90 Å². The van der Waals surface area contributed by atoms with Crippen LogP contribution >= 0.6 is 23.2 Å². The number of hydrogen-bond donors (Lipinski definition) is 1. The molecule has 1 aromatic rings. The van der Waals surface area contributed by atoms with Crippen LogP contribution in [0, 0.1) is 0 Å². The van der Waals surface area contributed by atoms with Crippen LogP contribution in [-0.2, 0) is 10.7 Å². The second-order valence-corrected chi connectivity index (χ2v) is 3.70. The van der Waals surface area contributed by atoms with Crippen LogP contribution in [0.1, 0.15) is 23.4 Å². The topological polar surface area (TPSA) is 37.3 Å². The van der Waals surface area contributed by atoms with E-state index >= 15 is 0 Å². The maximum atomic E-state index is 11.0. The summed E-state index contributed by atoms with van der Waals surface area (Å²) in [4.78, 5) is 11.0. The third kappa shape index (κ3) is 2.40. The summed E-state index contributed by atoms with van der Waals surface area (Å²) in [7, 11) is 0. The zero-order valence-electron chi connectivity index (χ0n) is 7.63. The Morgan fingerprint density at radius 1 is 1.57 bits per heavy atom. The van der Waals surface area contributed by atoms with E-state index in [0.717, 1.165) is 5.56 Å². The van der Waals surface area contributed by atoms with Crippen LogP contribution in [-0.4, -0.2) is 10.9 Å². The number of Topliss-reactive ketones (excluding diaryl/α,β-unsaturated/α-hetero) is 1. The van der Waals surface area contributed by atoms with Gasteiger partial charge in [-0.1, -0.05) is 12.1 Å². The van der Waals surface area contributed by atoms with Gasteiger partial charge in [-0.15, -0.1) is 23.2 Å². The number of phenols is 1. The number of benzene rings is 1. The fraction of sp³-hybridized carbons (Fsp3) is 0.300. The Morgan fingerprint density at radius 2 is 2.21 bits per heavy atom. The highest BCUT2D eigenvalue weighted by molar-refractivity contribution is 6.31. The number of hydrogen-bond acceptors (Lipinski definition) is 2. The van der Waals surface area contributed by atoms with E-state index in [1.807, 2.05) is 0 Å². The largest absolute Gasteiger partial charge is 0.508 e. The molecular weight excluding hydrogens is 223 g/mol. The van der Waals surface area contributed by atoms with Crippen molar-refractivity contribution in [3.05, 3.63) is 29.3 Å². The van der Waals surface area contributed by atoms with Crippen LogP contribution < -0.4 is 0 Å². The number of halogens is 2. The first-order chi connectivity index (χ1) is 6.56. The Bertz CT molecular complexity index is 350. The van der Waals surface area contributed by atoms with Gasteiger partial charge in [0.05, 0.1) is 0 Å². The molecule has 0 heterocycles. The molecule has 1 aromatic carbocycles. The molecule has 0 saturated heterocycles. The summed E-state index contributed by atoms with van der Waals surface area (Å²) in [5.41, 5.74) is 1.22. The average Bonchev–Trinajstić information content (AvgIpc) is 2.16. The number of rotatable bonds is 3. The second-order valence-electron chi connectivity index (χ2n) is 3.00. The van der Waals surface area contributed by atoms with Crippen LogP contribution in [0.3, 0.4) is 0 Å².